The van der Waals surface area contributed by atoms with E-state index < -0.39 is 0 Å². The van der Waals surface area contributed by atoms with Crippen LogP contribution in [0.5, 0.6) is 5.75 Å². The lowest BCUT2D eigenvalue weighted by Crippen LogP contribution is -2.20. The van der Waals surface area contributed by atoms with Crippen LogP contribution in [0.3, 0.4) is 0 Å². The number of hydrogen-bond acceptors (Lipinski definition) is 3. The number of nitrogens with two attached hydrogens (primary N) is 1. The number of hydrogen-bond donors (Lipinski definition) is 2. The van der Waals surface area contributed by atoms with Gasteiger partial charge in [-0.25, -0.2) is 0 Å². The van der Waals surface area contributed by atoms with Gasteiger partial charge in [0.25, 0.3) is 0 Å². The fraction of sp³-hybridized carbons (Fsp3) is 0.400. The van der Waals surface area contributed by atoms with E-state index in [9.17, 15) is 0 Å². The van der Waals surface area contributed by atoms with E-state index in [1.807, 2.05) is 24.3 Å². The summed E-state index contributed by atoms with van der Waals surface area (Å²) < 4.78 is 5.64. The van der Waals surface area contributed by atoms with Gasteiger partial charge in [-0.05, 0) is 30.5 Å². The van der Waals surface area contributed by atoms with Crippen molar-refractivity contribution in [1.82, 2.24) is 5.43 Å². The topological polar surface area (TPSA) is 47.3 Å². The molecule has 13 heavy (non-hydrogen) atoms. The molecule has 1 aliphatic carbocycles. The molecule has 1 aromatic rings. The standard InChI is InChI=1S/C10H14N2O/c11-12-7-8-2-1-3-10(6-8)13-9-4-5-9/h1-3,6,9,12H,4-5,7,11H2. The van der Waals surface area contributed by atoms with Crippen molar-refractivity contribution < 1.29 is 4.74 Å². The first-order chi connectivity index (χ1) is 6.38. The molecule has 1 saturated carbocycles. The highest BCUT2D eigenvalue weighted by atomic mass is 16.5. The van der Waals surface area contributed by atoms with Crippen molar-refractivity contribution in [2.45, 2.75) is 25.5 Å². The van der Waals surface area contributed by atoms with Gasteiger partial charge < -0.3 is 4.74 Å². The summed E-state index contributed by atoms with van der Waals surface area (Å²) in [7, 11) is 0. The normalized spacial score (nSPS) is 15.8. The summed E-state index contributed by atoms with van der Waals surface area (Å²) in [5.74, 6) is 6.19. The Bertz CT molecular complexity index is 284. The van der Waals surface area contributed by atoms with Gasteiger partial charge in [0.1, 0.15) is 5.75 Å². The predicted octanol–water partition coefficient (Wildman–Crippen LogP) is 1.19. The highest BCUT2D eigenvalue weighted by molar-refractivity contribution is 5.28. The molecule has 2 rings (SSSR count). The number of nitrogens with one attached hydrogen (secondary N) is 1. The third-order valence-electron chi connectivity index (χ3n) is 2.03. The molecule has 1 fully saturated rings. The fourth-order valence-electron chi connectivity index (χ4n) is 1.22. The molecule has 1 aromatic carbocycles. The van der Waals surface area contributed by atoms with Gasteiger partial charge >= 0.3 is 0 Å². The van der Waals surface area contributed by atoms with Gasteiger partial charge in [0, 0.05) is 6.54 Å². The Hall–Kier alpha value is -1.06. The summed E-state index contributed by atoms with van der Waals surface area (Å²) >= 11 is 0. The van der Waals surface area contributed by atoms with Gasteiger partial charge in [-0.15, -0.1) is 0 Å². The molecule has 0 unspecified atom stereocenters. The van der Waals surface area contributed by atoms with E-state index in [1.54, 1.807) is 0 Å². The Kier molecular flexibility index (Phi) is 2.47. The summed E-state index contributed by atoms with van der Waals surface area (Å²) in [5.41, 5.74) is 3.78. The third kappa shape index (κ3) is 2.44. The van der Waals surface area contributed by atoms with Crippen molar-refractivity contribution in [2.75, 3.05) is 0 Å². The number of ether oxygens (including phenoxy) is 1. The first kappa shape index (κ1) is 8.53. The maximum Gasteiger partial charge on any atom is 0.120 e. The summed E-state index contributed by atoms with van der Waals surface area (Å²) in [6.45, 7) is 0.682. The van der Waals surface area contributed by atoms with Crippen LogP contribution in [0.2, 0.25) is 0 Å². The quantitative estimate of drug-likeness (QED) is 0.538. The lowest BCUT2D eigenvalue weighted by atomic mass is 10.2. The number of rotatable bonds is 4. The number of hydrazine groups is 1. The predicted molar refractivity (Wildman–Crippen MR) is 51.1 cm³/mol. The van der Waals surface area contributed by atoms with E-state index in [-0.39, 0.29) is 0 Å². The summed E-state index contributed by atoms with van der Waals surface area (Å²) in [4.78, 5) is 0. The van der Waals surface area contributed by atoms with E-state index in [4.69, 9.17) is 10.6 Å². The van der Waals surface area contributed by atoms with Crippen LogP contribution in [0, 0.1) is 0 Å². The Labute approximate surface area is 77.9 Å². The largest absolute Gasteiger partial charge is 0.490 e. The third-order valence-corrected chi connectivity index (χ3v) is 2.03. The molecular weight excluding hydrogens is 164 g/mol. The van der Waals surface area contributed by atoms with Crippen LogP contribution < -0.4 is 16.0 Å². The SMILES string of the molecule is NNCc1cccc(OC2CC2)c1. The van der Waals surface area contributed by atoms with Crippen molar-refractivity contribution in [1.29, 1.82) is 0 Å². The summed E-state index contributed by atoms with van der Waals surface area (Å²) in [5, 5.41) is 0. The molecule has 0 bridgehead atoms. The maximum absolute atomic E-state index is 5.64. The lowest BCUT2D eigenvalue weighted by molar-refractivity contribution is 0.303. The van der Waals surface area contributed by atoms with Crippen LogP contribution in [-0.4, -0.2) is 6.10 Å². The molecule has 3 heteroatoms. The molecular formula is C10H14N2O. The number of benzene rings is 1. The molecule has 1 aliphatic rings. The Morgan fingerprint density at radius 2 is 2.31 bits per heavy atom. The fourth-order valence-corrected chi connectivity index (χ4v) is 1.22. The van der Waals surface area contributed by atoms with Crippen LogP contribution in [-0.2, 0) is 6.54 Å². The highest BCUT2D eigenvalue weighted by Gasteiger charge is 2.23. The van der Waals surface area contributed by atoms with Crippen molar-refractivity contribution >= 4 is 0 Å². The lowest BCUT2D eigenvalue weighted by Gasteiger charge is -2.06. The maximum atomic E-state index is 5.64. The summed E-state index contributed by atoms with van der Waals surface area (Å²) in [6, 6.07) is 8.03. The molecule has 0 spiro atoms. The second-order valence-electron chi connectivity index (χ2n) is 3.35. The molecule has 70 valence electrons. The van der Waals surface area contributed by atoms with Gasteiger partial charge in [-0.3, -0.25) is 11.3 Å². The minimum Gasteiger partial charge on any atom is -0.490 e. The monoisotopic (exact) mass is 178 g/mol. The Balaban J connectivity index is 2.02. The zero-order valence-corrected chi connectivity index (χ0v) is 7.49. The molecule has 3 N–H and O–H groups in total. The Morgan fingerprint density at radius 3 is 3.00 bits per heavy atom. The highest BCUT2D eigenvalue weighted by Crippen LogP contribution is 2.26. The second-order valence-corrected chi connectivity index (χ2v) is 3.35. The molecule has 0 saturated heterocycles. The van der Waals surface area contributed by atoms with E-state index in [2.05, 4.69) is 5.43 Å². The molecule has 0 aromatic heterocycles. The average Bonchev–Trinajstić information content (AvgIpc) is 2.90. The van der Waals surface area contributed by atoms with E-state index in [1.165, 1.54) is 12.8 Å². The van der Waals surface area contributed by atoms with E-state index >= 15 is 0 Å². The van der Waals surface area contributed by atoms with Crippen LogP contribution in [0.4, 0.5) is 0 Å². The van der Waals surface area contributed by atoms with Gasteiger partial charge in [-0.2, -0.15) is 0 Å². The van der Waals surface area contributed by atoms with Gasteiger partial charge in [0.05, 0.1) is 6.10 Å². The van der Waals surface area contributed by atoms with Crippen LogP contribution >= 0.6 is 0 Å². The molecule has 0 heterocycles. The van der Waals surface area contributed by atoms with E-state index in [0.717, 1.165) is 11.3 Å². The molecule has 0 radical (unpaired) electrons. The van der Waals surface area contributed by atoms with Crippen molar-refractivity contribution in [3.63, 3.8) is 0 Å². The van der Waals surface area contributed by atoms with Gasteiger partial charge in [0.15, 0.2) is 0 Å². The zero-order chi connectivity index (χ0) is 9.10. The van der Waals surface area contributed by atoms with Crippen LogP contribution in [0.1, 0.15) is 18.4 Å². The molecule has 3 nitrogen and oxygen atoms in total. The van der Waals surface area contributed by atoms with Gasteiger partial charge in [0.2, 0.25) is 0 Å². The Morgan fingerprint density at radius 1 is 1.46 bits per heavy atom. The van der Waals surface area contributed by atoms with Crippen molar-refractivity contribution in [3.8, 4) is 5.75 Å². The second kappa shape index (κ2) is 3.77. The van der Waals surface area contributed by atoms with Gasteiger partial charge in [-0.1, -0.05) is 12.1 Å². The van der Waals surface area contributed by atoms with E-state index in [0.29, 0.717) is 12.6 Å². The zero-order valence-electron chi connectivity index (χ0n) is 7.49. The van der Waals surface area contributed by atoms with Crippen molar-refractivity contribution in [2.24, 2.45) is 5.84 Å². The summed E-state index contributed by atoms with van der Waals surface area (Å²) in [6.07, 6.45) is 2.85. The average molecular weight is 178 g/mol. The van der Waals surface area contributed by atoms with Crippen LogP contribution in [0.25, 0.3) is 0 Å². The van der Waals surface area contributed by atoms with Crippen molar-refractivity contribution in [3.05, 3.63) is 29.8 Å². The molecule has 0 aliphatic heterocycles. The molecule has 0 atom stereocenters. The minimum atomic E-state index is 0.459. The first-order valence-corrected chi connectivity index (χ1v) is 4.57. The van der Waals surface area contributed by atoms with Crippen LogP contribution in [0.15, 0.2) is 24.3 Å². The minimum absolute atomic E-state index is 0.459. The smallest absolute Gasteiger partial charge is 0.120 e. The first-order valence-electron chi connectivity index (χ1n) is 4.57. The molecule has 0 amide bonds.